The molecule has 0 aliphatic carbocycles. The molecule has 0 unspecified atom stereocenters. The smallest absolute Gasteiger partial charge is 0.277 e. The molecular weight excluding hydrogens is 264 g/mol. The maximum Gasteiger partial charge on any atom is 0.277 e. The normalized spacial score (nSPS) is 14.1. The molecule has 0 fully saturated rings. The minimum atomic E-state index is -0.325. The summed E-state index contributed by atoms with van der Waals surface area (Å²) in [5.41, 5.74) is 4.10. The van der Waals surface area contributed by atoms with Crippen molar-refractivity contribution in [3.05, 3.63) is 75.3 Å². The number of nitrogens with zero attached hydrogens (tertiary/aromatic N) is 2. The first-order valence-electron chi connectivity index (χ1n) is 6.91. The van der Waals surface area contributed by atoms with Gasteiger partial charge in [0.15, 0.2) is 0 Å². The van der Waals surface area contributed by atoms with E-state index in [2.05, 4.69) is 11.9 Å². The van der Waals surface area contributed by atoms with Crippen LogP contribution >= 0.6 is 0 Å². The third kappa shape index (κ3) is 2.65. The molecule has 1 aliphatic rings. The van der Waals surface area contributed by atoms with Crippen molar-refractivity contribution >= 4 is 17.5 Å². The van der Waals surface area contributed by atoms with Crippen LogP contribution in [-0.4, -0.2) is 18.5 Å². The number of rotatable bonds is 3. The van der Waals surface area contributed by atoms with E-state index < -0.39 is 0 Å². The lowest BCUT2D eigenvalue weighted by Gasteiger charge is -2.11. The van der Waals surface area contributed by atoms with Crippen LogP contribution in [0.1, 0.15) is 16.7 Å². The van der Waals surface area contributed by atoms with Crippen LogP contribution in [-0.2, 0) is 6.42 Å². The van der Waals surface area contributed by atoms with Gasteiger partial charge in [-0.1, -0.05) is 24.3 Å². The monoisotopic (exact) mass is 280 g/mol. The molecule has 0 saturated carbocycles. The Hall–Kier alpha value is -2.62. The highest BCUT2D eigenvalue weighted by Gasteiger charge is 2.17. The van der Waals surface area contributed by atoms with Gasteiger partial charge in [-0.2, -0.15) is 0 Å². The molecule has 21 heavy (non-hydrogen) atoms. The van der Waals surface area contributed by atoms with Crippen molar-refractivity contribution in [2.75, 3.05) is 18.5 Å². The van der Waals surface area contributed by atoms with Gasteiger partial charge in [0, 0.05) is 25.4 Å². The van der Waals surface area contributed by atoms with Crippen molar-refractivity contribution in [1.29, 1.82) is 0 Å². The molecule has 106 valence electrons. The summed E-state index contributed by atoms with van der Waals surface area (Å²) in [4.78, 5) is 13.2. The van der Waals surface area contributed by atoms with Crippen molar-refractivity contribution < 1.29 is 4.92 Å². The zero-order chi connectivity index (χ0) is 14.8. The third-order valence-corrected chi connectivity index (χ3v) is 3.80. The van der Waals surface area contributed by atoms with Crippen LogP contribution in [0.2, 0.25) is 0 Å². The van der Waals surface area contributed by atoms with Crippen LogP contribution < -0.4 is 4.90 Å². The second-order valence-corrected chi connectivity index (χ2v) is 5.21. The van der Waals surface area contributed by atoms with Crippen LogP contribution in [0.5, 0.6) is 0 Å². The average molecular weight is 280 g/mol. The maximum absolute atomic E-state index is 11.3. The van der Waals surface area contributed by atoms with Crippen molar-refractivity contribution in [2.24, 2.45) is 0 Å². The van der Waals surface area contributed by atoms with Crippen molar-refractivity contribution in [3.63, 3.8) is 0 Å². The van der Waals surface area contributed by atoms with Gasteiger partial charge >= 0.3 is 0 Å². The van der Waals surface area contributed by atoms with E-state index in [-0.39, 0.29) is 10.6 Å². The summed E-state index contributed by atoms with van der Waals surface area (Å²) in [6, 6.07) is 15.0. The first-order valence-corrected chi connectivity index (χ1v) is 6.91. The standard InChI is InChI=1S/C17H16N2O2/c1-18-10-9-15-11-13(7-8-16(15)18)12-17(19(20)21)14-5-3-2-4-6-14/h2-8,11-12H,9-10H2,1H3. The molecule has 2 aromatic carbocycles. The fourth-order valence-electron chi connectivity index (χ4n) is 2.68. The fraction of sp³-hybridized carbons (Fsp3) is 0.176. The molecule has 0 bridgehead atoms. The van der Waals surface area contributed by atoms with E-state index in [0.29, 0.717) is 5.56 Å². The number of nitro groups is 1. The summed E-state index contributed by atoms with van der Waals surface area (Å²) < 4.78 is 0. The van der Waals surface area contributed by atoms with Crippen molar-refractivity contribution in [2.45, 2.75) is 6.42 Å². The summed E-state index contributed by atoms with van der Waals surface area (Å²) in [5, 5.41) is 11.3. The van der Waals surface area contributed by atoms with E-state index in [1.54, 1.807) is 18.2 Å². The van der Waals surface area contributed by atoms with Gasteiger partial charge in [-0.15, -0.1) is 0 Å². The lowest BCUT2D eigenvalue weighted by Crippen LogP contribution is -2.12. The van der Waals surface area contributed by atoms with E-state index in [0.717, 1.165) is 18.5 Å². The highest BCUT2D eigenvalue weighted by Crippen LogP contribution is 2.29. The molecule has 0 saturated heterocycles. The number of likely N-dealkylation sites (N-methyl/N-ethyl adjacent to an activating group) is 1. The van der Waals surface area contributed by atoms with Crippen LogP contribution in [0, 0.1) is 10.1 Å². The first-order chi connectivity index (χ1) is 10.1. The minimum absolute atomic E-state index is 0.127. The first kappa shape index (κ1) is 13.4. The summed E-state index contributed by atoms with van der Waals surface area (Å²) in [6.07, 6.45) is 2.64. The van der Waals surface area contributed by atoms with E-state index >= 15 is 0 Å². The Morgan fingerprint density at radius 3 is 2.71 bits per heavy atom. The SMILES string of the molecule is CN1CCc2cc(C=C(c3ccccc3)[N+](=O)[O-])ccc21. The van der Waals surface area contributed by atoms with Gasteiger partial charge in [-0.05, 0) is 41.8 Å². The molecule has 0 N–H and O–H groups in total. The summed E-state index contributed by atoms with van der Waals surface area (Å²) >= 11 is 0. The second-order valence-electron chi connectivity index (χ2n) is 5.21. The summed E-state index contributed by atoms with van der Waals surface area (Å²) in [5.74, 6) is 0. The predicted molar refractivity (Wildman–Crippen MR) is 84.7 cm³/mol. The van der Waals surface area contributed by atoms with Gasteiger partial charge in [-0.3, -0.25) is 10.1 Å². The Morgan fingerprint density at radius 2 is 2.00 bits per heavy atom. The third-order valence-electron chi connectivity index (χ3n) is 3.80. The van der Waals surface area contributed by atoms with Crippen molar-refractivity contribution in [3.8, 4) is 0 Å². The Morgan fingerprint density at radius 1 is 1.24 bits per heavy atom. The maximum atomic E-state index is 11.3. The Kier molecular flexibility index (Phi) is 3.44. The lowest BCUT2D eigenvalue weighted by molar-refractivity contribution is -0.374. The molecule has 0 aromatic heterocycles. The second kappa shape index (κ2) is 5.40. The molecule has 3 rings (SSSR count). The molecule has 4 heteroatoms. The Bertz CT molecular complexity index is 708. The van der Waals surface area contributed by atoms with Gasteiger partial charge in [0.25, 0.3) is 5.70 Å². The molecule has 1 aliphatic heterocycles. The molecule has 0 radical (unpaired) electrons. The molecule has 0 atom stereocenters. The van der Waals surface area contributed by atoms with Crippen LogP contribution in [0.25, 0.3) is 11.8 Å². The zero-order valence-electron chi connectivity index (χ0n) is 11.8. The summed E-state index contributed by atoms with van der Waals surface area (Å²) in [7, 11) is 2.06. The van der Waals surface area contributed by atoms with Crippen LogP contribution in [0.3, 0.4) is 0 Å². The summed E-state index contributed by atoms with van der Waals surface area (Å²) in [6.45, 7) is 1.00. The fourth-order valence-corrected chi connectivity index (χ4v) is 2.68. The topological polar surface area (TPSA) is 46.4 Å². The highest BCUT2D eigenvalue weighted by atomic mass is 16.6. The van der Waals surface area contributed by atoms with Gasteiger partial charge in [0.1, 0.15) is 0 Å². The van der Waals surface area contributed by atoms with Gasteiger partial charge in [-0.25, -0.2) is 0 Å². The minimum Gasteiger partial charge on any atom is -0.374 e. The number of benzene rings is 2. The zero-order valence-corrected chi connectivity index (χ0v) is 11.8. The van der Waals surface area contributed by atoms with E-state index in [1.165, 1.54) is 11.3 Å². The number of hydrogen-bond donors (Lipinski definition) is 0. The quantitative estimate of drug-likeness (QED) is 0.491. The molecule has 4 nitrogen and oxygen atoms in total. The lowest BCUT2D eigenvalue weighted by atomic mass is 10.1. The van der Waals surface area contributed by atoms with Gasteiger partial charge in [0.2, 0.25) is 0 Å². The van der Waals surface area contributed by atoms with Crippen LogP contribution in [0.15, 0.2) is 48.5 Å². The number of anilines is 1. The Balaban J connectivity index is 2.01. The van der Waals surface area contributed by atoms with E-state index in [4.69, 9.17) is 0 Å². The van der Waals surface area contributed by atoms with Crippen molar-refractivity contribution in [1.82, 2.24) is 0 Å². The predicted octanol–water partition coefficient (Wildman–Crippen LogP) is 3.45. The number of fused-ring (bicyclic) bond motifs is 1. The molecule has 2 aromatic rings. The molecular formula is C17H16N2O2. The largest absolute Gasteiger partial charge is 0.374 e. The van der Waals surface area contributed by atoms with Crippen LogP contribution in [0.4, 0.5) is 5.69 Å². The Labute approximate surface area is 123 Å². The molecule has 1 heterocycles. The average Bonchev–Trinajstić information content (AvgIpc) is 2.86. The van der Waals surface area contributed by atoms with Gasteiger partial charge < -0.3 is 4.90 Å². The molecule has 0 spiro atoms. The van der Waals surface area contributed by atoms with E-state index in [1.807, 2.05) is 36.4 Å². The van der Waals surface area contributed by atoms with E-state index in [9.17, 15) is 10.1 Å². The van der Waals surface area contributed by atoms with Gasteiger partial charge in [0.05, 0.1) is 10.5 Å². The number of hydrogen-bond acceptors (Lipinski definition) is 3. The highest BCUT2D eigenvalue weighted by molar-refractivity contribution is 5.77. The molecule has 0 amide bonds.